The third kappa shape index (κ3) is 2.35. The zero-order valence-electron chi connectivity index (χ0n) is 9.98. The maximum absolute atomic E-state index is 11.9. The number of furan rings is 1. The molecule has 0 spiro atoms. The highest BCUT2D eigenvalue weighted by Crippen LogP contribution is 2.22. The van der Waals surface area contributed by atoms with E-state index in [1.165, 1.54) is 12.8 Å². The molecule has 0 saturated carbocycles. The van der Waals surface area contributed by atoms with Crippen molar-refractivity contribution in [2.75, 3.05) is 13.1 Å². The van der Waals surface area contributed by atoms with Gasteiger partial charge < -0.3 is 4.42 Å². The molecular weight excluding hydrogens is 202 g/mol. The number of carbonyl (C=O) groups excluding carboxylic acids is 1. The van der Waals surface area contributed by atoms with Gasteiger partial charge >= 0.3 is 0 Å². The SMILES string of the molecule is CC1CCCN(CC(=O)c2ccco2)C1C. The Bertz CT molecular complexity index is 345. The van der Waals surface area contributed by atoms with Crippen LogP contribution in [-0.4, -0.2) is 29.8 Å². The van der Waals surface area contributed by atoms with Gasteiger partial charge in [0.05, 0.1) is 12.8 Å². The molecular formula is C13H19NO2. The molecule has 2 rings (SSSR count). The summed E-state index contributed by atoms with van der Waals surface area (Å²) in [6.45, 7) is 5.98. The fourth-order valence-electron chi connectivity index (χ4n) is 2.34. The van der Waals surface area contributed by atoms with E-state index in [4.69, 9.17) is 4.42 Å². The lowest BCUT2D eigenvalue weighted by Gasteiger charge is -2.37. The lowest BCUT2D eigenvalue weighted by Crippen LogP contribution is -2.44. The Kier molecular flexibility index (Phi) is 3.44. The van der Waals surface area contributed by atoms with E-state index in [1.54, 1.807) is 18.4 Å². The number of piperidine rings is 1. The van der Waals surface area contributed by atoms with Gasteiger partial charge in [-0.1, -0.05) is 6.92 Å². The largest absolute Gasteiger partial charge is 0.461 e. The van der Waals surface area contributed by atoms with Crippen molar-refractivity contribution in [3.63, 3.8) is 0 Å². The van der Waals surface area contributed by atoms with Crippen LogP contribution in [0.2, 0.25) is 0 Å². The average Bonchev–Trinajstić information content (AvgIpc) is 2.78. The number of likely N-dealkylation sites (tertiary alicyclic amines) is 1. The number of hydrogen-bond donors (Lipinski definition) is 0. The molecule has 1 saturated heterocycles. The second-order valence-electron chi connectivity index (χ2n) is 4.73. The molecule has 2 heterocycles. The number of nitrogens with zero attached hydrogens (tertiary/aromatic N) is 1. The smallest absolute Gasteiger partial charge is 0.211 e. The number of rotatable bonds is 3. The number of Topliss-reactive ketones (excluding diaryl/α,β-unsaturated/α-hetero) is 1. The molecule has 2 unspecified atom stereocenters. The summed E-state index contributed by atoms with van der Waals surface area (Å²) in [5.74, 6) is 1.24. The van der Waals surface area contributed by atoms with Crippen molar-refractivity contribution in [1.29, 1.82) is 0 Å². The van der Waals surface area contributed by atoms with Gasteiger partial charge in [0.1, 0.15) is 0 Å². The van der Waals surface area contributed by atoms with Crippen LogP contribution >= 0.6 is 0 Å². The molecule has 3 nitrogen and oxygen atoms in total. The van der Waals surface area contributed by atoms with Crippen LogP contribution in [0.3, 0.4) is 0 Å². The Labute approximate surface area is 96.4 Å². The topological polar surface area (TPSA) is 33.5 Å². The normalized spacial score (nSPS) is 26.9. The summed E-state index contributed by atoms with van der Waals surface area (Å²) < 4.78 is 5.12. The standard InChI is InChI=1S/C13H19NO2/c1-10-5-3-7-14(11(10)2)9-12(15)13-6-4-8-16-13/h4,6,8,10-11H,3,5,7,9H2,1-2H3. The fourth-order valence-corrected chi connectivity index (χ4v) is 2.34. The van der Waals surface area contributed by atoms with Gasteiger partial charge in [-0.25, -0.2) is 0 Å². The summed E-state index contributed by atoms with van der Waals surface area (Å²) in [6.07, 6.45) is 4.01. The van der Waals surface area contributed by atoms with E-state index >= 15 is 0 Å². The Balaban J connectivity index is 1.96. The summed E-state index contributed by atoms with van der Waals surface area (Å²) in [5, 5.41) is 0. The second-order valence-corrected chi connectivity index (χ2v) is 4.73. The van der Waals surface area contributed by atoms with Crippen LogP contribution in [-0.2, 0) is 0 Å². The van der Waals surface area contributed by atoms with Crippen molar-refractivity contribution >= 4 is 5.78 Å². The highest BCUT2D eigenvalue weighted by Gasteiger charge is 2.26. The van der Waals surface area contributed by atoms with E-state index in [-0.39, 0.29) is 5.78 Å². The minimum absolute atomic E-state index is 0.0888. The van der Waals surface area contributed by atoms with Crippen molar-refractivity contribution in [2.24, 2.45) is 5.92 Å². The van der Waals surface area contributed by atoms with E-state index in [1.807, 2.05) is 0 Å². The highest BCUT2D eigenvalue weighted by atomic mass is 16.3. The molecule has 2 atom stereocenters. The van der Waals surface area contributed by atoms with E-state index in [2.05, 4.69) is 18.7 Å². The first-order chi connectivity index (χ1) is 7.68. The molecule has 0 aromatic carbocycles. The van der Waals surface area contributed by atoms with Crippen LogP contribution < -0.4 is 0 Å². The molecule has 0 amide bonds. The van der Waals surface area contributed by atoms with Gasteiger partial charge in [0.25, 0.3) is 0 Å². The molecule has 3 heteroatoms. The van der Waals surface area contributed by atoms with Gasteiger partial charge in [-0.3, -0.25) is 9.69 Å². The Hall–Kier alpha value is -1.09. The zero-order valence-corrected chi connectivity index (χ0v) is 9.98. The van der Waals surface area contributed by atoms with E-state index in [0.717, 1.165) is 6.54 Å². The van der Waals surface area contributed by atoms with Gasteiger partial charge in [-0.2, -0.15) is 0 Å². The van der Waals surface area contributed by atoms with E-state index < -0.39 is 0 Å². The lowest BCUT2D eigenvalue weighted by molar-refractivity contribution is 0.0755. The number of hydrogen-bond acceptors (Lipinski definition) is 3. The summed E-state index contributed by atoms with van der Waals surface area (Å²) >= 11 is 0. The summed E-state index contributed by atoms with van der Waals surface area (Å²) in [7, 11) is 0. The molecule has 1 aromatic rings. The van der Waals surface area contributed by atoms with Crippen molar-refractivity contribution < 1.29 is 9.21 Å². The van der Waals surface area contributed by atoms with Crippen molar-refractivity contribution in [3.05, 3.63) is 24.2 Å². The van der Waals surface area contributed by atoms with Gasteiger partial charge in [0, 0.05) is 6.04 Å². The quantitative estimate of drug-likeness (QED) is 0.735. The summed E-state index contributed by atoms with van der Waals surface area (Å²) in [6, 6.07) is 3.99. The summed E-state index contributed by atoms with van der Waals surface area (Å²) in [5.41, 5.74) is 0. The highest BCUT2D eigenvalue weighted by molar-refractivity contribution is 5.95. The third-order valence-corrected chi connectivity index (χ3v) is 3.65. The molecule has 88 valence electrons. The molecule has 1 aromatic heterocycles. The van der Waals surface area contributed by atoms with Crippen LogP contribution in [0.25, 0.3) is 0 Å². The van der Waals surface area contributed by atoms with Crippen molar-refractivity contribution in [3.8, 4) is 0 Å². The zero-order chi connectivity index (χ0) is 11.5. The summed E-state index contributed by atoms with van der Waals surface area (Å²) in [4.78, 5) is 14.2. The van der Waals surface area contributed by atoms with Crippen LogP contribution in [0, 0.1) is 5.92 Å². The predicted octanol–water partition coefficient (Wildman–Crippen LogP) is 2.58. The van der Waals surface area contributed by atoms with Crippen LogP contribution in [0.15, 0.2) is 22.8 Å². The fraction of sp³-hybridized carbons (Fsp3) is 0.615. The van der Waals surface area contributed by atoms with Crippen LogP contribution in [0.5, 0.6) is 0 Å². The van der Waals surface area contributed by atoms with Gasteiger partial charge in [-0.15, -0.1) is 0 Å². The molecule has 0 radical (unpaired) electrons. The second kappa shape index (κ2) is 4.83. The Morgan fingerprint density at radius 3 is 3.06 bits per heavy atom. The first-order valence-corrected chi connectivity index (χ1v) is 5.99. The minimum atomic E-state index is 0.0888. The maximum Gasteiger partial charge on any atom is 0.211 e. The molecule has 1 fully saturated rings. The van der Waals surface area contributed by atoms with Gasteiger partial charge in [0.2, 0.25) is 5.78 Å². The predicted molar refractivity (Wildman–Crippen MR) is 62.5 cm³/mol. The van der Waals surface area contributed by atoms with E-state index in [0.29, 0.717) is 24.3 Å². The first-order valence-electron chi connectivity index (χ1n) is 5.99. The molecule has 0 aliphatic carbocycles. The van der Waals surface area contributed by atoms with Crippen LogP contribution in [0.4, 0.5) is 0 Å². The van der Waals surface area contributed by atoms with Crippen molar-refractivity contribution in [1.82, 2.24) is 4.90 Å². The van der Waals surface area contributed by atoms with Gasteiger partial charge in [-0.05, 0) is 44.4 Å². The molecule has 16 heavy (non-hydrogen) atoms. The molecule has 1 aliphatic rings. The number of carbonyl (C=O) groups is 1. The molecule has 0 bridgehead atoms. The van der Waals surface area contributed by atoms with Crippen molar-refractivity contribution in [2.45, 2.75) is 32.7 Å². The third-order valence-electron chi connectivity index (χ3n) is 3.65. The monoisotopic (exact) mass is 221 g/mol. The Morgan fingerprint density at radius 1 is 1.56 bits per heavy atom. The maximum atomic E-state index is 11.9. The molecule has 0 N–H and O–H groups in total. The minimum Gasteiger partial charge on any atom is -0.461 e. The molecule has 1 aliphatic heterocycles. The van der Waals surface area contributed by atoms with E-state index in [9.17, 15) is 4.79 Å². The van der Waals surface area contributed by atoms with Crippen LogP contribution in [0.1, 0.15) is 37.2 Å². The lowest BCUT2D eigenvalue weighted by atomic mass is 9.92. The average molecular weight is 221 g/mol. The number of ketones is 1. The first kappa shape index (κ1) is 11.4. The Morgan fingerprint density at radius 2 is 2.38 bits per heavy atom. The van der Waals surface area contributed by atoms with Gasteiger partial charge in [0.15, 0.2) is 5.76 Å².